The molecule has 0 saturated carbocycles. The summed E-state index contributed by atoms with van der Waals surface area (Å²) in [6.07, 6.45) is 4.97. The van der Waals surface area contributed by atoms with Gasteiger partial charge in [0.2, 0.25) is 0 Å². The Morgan fingerprint density at radius 3 is 2.67 bits per heavy atom. The summed E-state index contributed by atoms with van der Waals surface area (Å²) in [6.45, 7) is 1.71. The van der Waals surface area contributed by atoms with Gasteiger partial charge in [-0.1, -0.05) is 6.07 Å². The lowest BCUT2D eigenvalue weighted by molar-refractivity contribution is -0.122. The highest BCUT2D eigenvalue weighted by Gasteiger charge is 2.35. The number of rotatable bonds is 3. The molecule has 0 bridgehead atoms. The summed E-state index contributed by atoms with van der Waals surface area (Å²) >= 11 is 5.19. The fourth-order valence-electron chi connectivity index (χ4n) is 2.86. The van der Waals surface area contributed by atoms with Gasteiger partial charge >= 0.3 is 0 Å². The Bertz CT molecular complexity index is 711. The first kappa shape index (κ1) is 16.4. The highest BCUT2D eigenvalue weighted by atomic mass is 32.1. The van der Waals surface area contributed by atoms with E-state index in [1.807, 2.05) is 4.90 Å². The van der Waals surface area contributed by atoms with Crippen LogP contribution in [-0.2, 0) is 9.59 Å². The summed E-state index contributed by atoms with van der Waals surface area (Å²) in [6, 6.07) is 7.02. The van der Waals surface area contributed by atoms with Gasteiger partial charge in [0.1, 0.15) is 11.3 Å². The maximum Gasteiger partial charge on any atom is 0.271 e. The first-order valence-electron chi connectivity index (χ1n) is 7.90. The number of amides is 2. The number of carbonyl (C=O) groups excluding carboxylic acids is 2. The summed E-state index contributed by atoms with van der Waals surface area (Å²) in [5.74, 6) is -0.251. The minimum absolute atomic E-state index is 0.0778. The van der Waals surface area contributed by atoms with Crippen LogP contribution in [-0.4, -0.2) is 42.0 Å². The zero-order valence-corrected chi connectivity index (χ0v) is 14.3. The van der Waals surface area contributed by atoms with Gasteiger partial charge < -0.3 is 9.64 Å². The third kappa shape index (κ3) is 3.26. The van der Waals surface area contributed by atoms with Gasteiger partial charge in [-0.15, -0.1) is 0 Å². The van der Waals surface area contributed by atoms with E-state index in [9.17, 15) is 9.59 Å². The molecular weight excluding hydrogens is 326 g/mol. The molecule has 0 unspecified atom stereocenters. The lowest BCUT2D eigenvalue weighted by atomic mass is 10.1. The lowest BCUT2D eigenvalue weighted by Crippen LogP contribution is -2.54. The van der Waals surface area contributed by atoms with Gasteiger partial charge in [-0.25, -0.2) is 0 Å². The minimum Gasteiger partial charge on any atom is -0.497 e. The molecule has 2 fully saturated rings. The predicted molar refractivity (Wildman–Crippen MR) is 94.7 cm³/mol. The SMILES string of the molecule is COc1cccc(N2C(=O)/C(=C\N3CCCCC3)C(=O)NC2=S)c1. The molecule has 3 rings (SSSR count). The van der Waals surface area contributed by atoms with Crippen molar-refractivity contribution in [3.63, 3.8) is 0 Å². The van der Waals surface area contributed by atoms with Crippen molar-refractivity contribution in [2.45, 2.75) is 19.3 Å². The molecule has 2 heterocycles. The molecule has 2 aliphatic rings. The molecule has 2 saturated heterocycles. The molecule has 0 radical (unpaired) electrons. The summed E-state index contributed by atoms with van der Waals surface area (Å²) in [7, 11) is 1.55. The van der Waals surface area contributed by atoms with E-state index in [1.165, 1.54) is 11.3 Å². The van der Waals surface area contributed by atoms with Gasteiger partial charge in [-0.05, 0) is 43.6 Å². The Labute approximate surface area is 146 Å². The lowest BCUT2D eigenvalue weighted by Gasteiger charge is -2.31. The molecule has 1 aromatic carbocycles. The van der Waals surface area contributed by atoms with Crippen molar-refractivity contribution < 1.29 is 14.3 Å². The Hall–Kier alpha value is -2.41. The first-order chi connectivity index (χ1) is 11.6. The second-order valence-corrected chi connectivity index (χ2v) is 6.13. The van der Waals surface area contributed by atoms with Gasteiger partial charge in [0.25, 0.3) is 11.8 Å². The van der Waals surface area contributed by atoms with E-state index < -0.39 is 11.8 Å². The van der Waals surface area contributed by atoms with Crippen molar-refractivity contribution in [3.05, 3.63) is 36.0 Å². The Morgan fingerprint density at radius 1 is 1.21 bits per heavy atom. The molecule has 0 aliphatic carbocycles. The number of piperidine rings is 1. The van der Waals surface area contributed by atoms with Gasteiger partial charge in [0, 0.05) is 25.4 Å². The van der Waals surface area contributed by atoms with E-state index in [4.69, 9.17) is 17.0 Å². The van der Waals surface area contributed by atoms with Crippen LogP contribution in [0, 0.1) is 0 Å². The summed E-state index contributed by atoms with van der Waals surface area (Å²) in [4.78, 5) is 28.4. The molecule has 2 aliphatic heterocycles. The highest BCUT2D eigenvalue weighted by Crippen LogP contribution is 2.25. The van der Waals surface area contributed by atoms with Crippen LogP contribution in [0.5, 0.6) is 5.75 Å². The van der Waals surface area contributed by atoms with Crippen molar-refractivity contribution in [1.29, 1.82) is 0 Å². The summed E-state index contributed by atoms with van der Waals surface area (Å²) < 4.78 is 5.19. The molecular formula is C17H19N3O3S. The number of ether oxygens (including phenoxy) is 1. The average Bonchev–Trinajstić information content (AvgIpc) is 2.59. The topological polar surface area (TPSA) is 61.9 Å². The fraction of sp³-hybridized carbons (Fsp3) is 0.353. The summed E-state index contributed by atoms with van der Waals surface area (Å²) in [5, 5.41) is 2.68. The maximum absolute atomic E-state index is 12.9. The van der Waals surface area contributed by atoms with E-state index in [0.717, 1.165) is 25.9 Å². The fourth-order valence-corrected chi connectivity index (χ4v) is 3.14. The third-order valence-electron chi connectivity index (χ3n) is 4.12. The van der Waals surface area contributed by atoms with E-state index in [2.05, 4.69) is 5.32 Å². The first-order valence-corrected chi connectivity index (χ1v) is 8.30. The van der Waals surface area contributed by atoms with Crippen LogP contribution in [0.1, 0.15) is 19.3 Å². The van der Waals surface area contributed by atoms with Gasteiger partial charge in [0.05, 0.1) is 12.8 Å². The molecule has 7 heteroatoms. The van der Waals surface area contributed by atoms with Crippen LogP contribution >= 0.6 is 12.2 Å². The Balaban J connectivity index is 1.92. The molecule has 0 aromatic heterocycles. The highest BCUT2D eigenvalue weighted by molar-refractivity contribution is 7.80. The zero-order valence-electron chi connectivity index (χ0n) is 13.4. The number of nitrogens with zero attached hydrogens (tertiary/aromatic N) is 2. The normalized spacial score (nSPS) is 20.4. The van der Waals surface area contributed by atoms with Crippen molar-refractivity contribution in [2.75, 3.05) is 25.1 Å². The number of carbonyl (C=O) groups is 2. The van der Waals surface area contributed by atoms with Crippen molar-refractivity contribution >= 4 is 34.8 Å². The number of likely N-dealkylation sites (tertiary alicyclic amines) is 1. The molecule has 126 valence electrons. The predicted octanol–water partition coefficient (Wildman–Crippen LogP) is 1.81. The smallest absolute Gasteiger partial charge is 0.271 e. The third-order valence-corrected chi connectivity index (χ3v) is 4.40. The maximum atomic E-state index is 12.9. The van der Waals surface area contributed by atoms with E-state index in [-0.39, 0.29) is 10.7 Å². The second kappa shape index (κ2) is 7.00. The Kier molecular flexibility index (Phi) is 4.80. The summed E-state index contributed by atoms with van der Waals surface area (Å²) in [5.41, 5.74) is 0.669. The van der Waals surface area contributed by atoms with Gasteiger partial charge in [0.15, 0.2) is 5.11 Å². The molecule has 6 nitrogen and oxygen atoms in total. The van der Waals surface area contributed by atoms with Crippen LogP contribution < -0.4 is 15.0 Å². The molecule has 2 amide bonds. The minimum atomic E-state index is -0.449. The van der Waals surface area contributed by atoms with E-state index in [1.54, 1.807) is 37.6 Å². The molecule has 1 N–H and O–H groups in total. The monoisotopic (exact) mass is 345 g/mol. The second-order valence-electron chi connectivity index (χ2n) is 5.74. The number of thiocarbonyl (C=S) groups is 1. The van der Waals surface area contributed by atoms with Crippen LogP contribution in [0.3, 0.4) is 0 Å². The van der Waals surface area contributed by atoms with Crippen LogP contribution in [0.4, 0.5) is 5.69 Å². The average molecular weight is 345 g/mol. The number of anilines is 1. The van der Waals surface area contributed by atoms with Crippen LogP contribution in [0.2, 0.25) is 0 Å². The van der Waals surface area contributed by atoms with Crippen molar-refractivity contribution in [3.8, 4) is 5.75 Å². The molecule has 0 atom stereocenters. The van der Waals surface area contributed by atoms with Crippen molar-refractivity contribution in [2.24, 2.45) is 0 Å². The van der Waals surface area contributed by atoms with Crippen LogP contribution in [0.15, 0.2) is 36.0 Å². The number of benzene rings is 1. The van der Waals surface area contributed by atoms with E-state index >= 15 is 0 Å². The number of nitrogens with one attached hydrogen (secondary N) is 1. The van der Waals surface area contributed by atoms with Gasteiger partial charge in [-0.2, -0.15) is 0 Å². The molecule has 1 aromatic rings. The number of hydrogen-bond donors (Lipinski definition) is 1. The quantitative estimate of drug-likeness (QED) is 0.514. The standard InChI is InChI=1S/C17H19N3O3S/c1-23-13-7-5-6-12(10-13)20-16(22)14(15(21)18-17(20)24)11-19-8-3-2-4-9-19/h5-7,10-11H,2-4,8-9H2,1H3,(H,18,21,24)/b14-11-. The Morgan fingerprint density at radius 2 is 1.96 bits per heavy atom. The molecule has 24 heavy (non-hydrogen) atoms. The molecule has 0 spiro atoms. The van der Waals surface area contributed by atoms with E-state index in [0.29, 0.717) is 11.4 Å². The van der Waals surface area contributed by atoms with Crippen molar-refractivity contribution in [1.82, 2.24) is 10.2 Å². The van der Waals surface area contributed by atoms with Crippen LogP contribution in [0.25, 0.3) is 0 Å². The largest absolute Gasteiger partial charge is 0.497 e. The number of methoxy groups -OCH3 is 1. The van der Waals surface area contributed by atoms with Gasteiger partial charge in [-0.3, -0.25) is 19.8 Å². The number of hydrogen-bond acceptors (Lipinski definition) is 5. The zero-order chi connectivity index (χ0) is 17.1.